The average Bonchev–Trinajstić information content (AvgIpc) is 2.41. The molecule has 0 amide bonds. The Balaban J connectivity index is 2.03. The maximum atomic E-state index is 12.2. The van der Waals surface area contributed by atoms with E-state index in [-0.39, 0.29) is 11.7 Å². The number of para-hydroxylation sites is 2. The highest BCUT2D eigenvalue weighted by Crippen LogP contribution is 2.25. The van der Waals surface area contributed by atoms with E-state index < -0.39 is 10.0 Å². The van der Waals surface area contributed by atoms with E-state index in [9.17, 15) is 8.42 Å². The van der Waals surface area contributed by atoms with E-state index >= 15 is 0 Å². The van der Waals surface area contributed by atoms with Crippen LogP contribution in [0.1, 0.15) is 19.8 Å². The lowest BCUT2D eigenvalue weighted by Gasteiger charge is -2.22. The summed E-state index contributed by atoms with van der Waals surface area (Å²) in [6.07, 6.45) is 1.82. The maximum absolute atomic E-state index is 12.2. The molecule has 1 aromatic rings. The Kier molecular flexibility index (Phi) is 5.25. The standard InChI is InChI=1S/C14H22N2O3S/c1-2-19-14-6-4-3-5-13(14)16-20(17,18)11-12-7-9-15-10-8-12/h3-6,12,15-16H,2,7-11H2,1H3. The first-order valence-corrected chi connectivity index (χ1v) is 8.69. The van der Waals surface area contributed by atoms with Gasteiger partial charge in [0.25, 0.3) is 0 Å². The number of sulfonamides is 1. The first kappa shape index (κ1) is 15.1. The third kappa shape index (κ3) is 4.38. The van der Waals surface area contributed by atoms with Gasteiger partial charge in [0.15, 0.2) is 0 Å². The minimum atomic E-state index is -3.33. The van der Waals surface area contributed by atoms with Gasteiger partial charge in [0.05, 0.1) is 18.0 Å². The molecule has 1 heterocycles. The second kappa shape index (κ2) is 6.95. The van der Waals surface area contributed by atoms with Crippen LogP contribution in [0.15, 0.2) is 24.3 Å². The minimum Gasteiger partial charge on any atom is -0.492 e. The second-order valence-corrected chi connectivity index (χ2v) is 6.77. The number of benzene rings is 1. The zero-order valence-corrected chi connectivity index (χ0v) is 12.6. The van der Waals surface area contributed by atoms with E-state index in [4.69, 9.17) is 4.74 Å². The number of hydrogen-bond donors (Lipinski definition) is 2. The van der Waals surface area contributed by atoms with Crippen LogP contribution in [0.5, 0.6) is 5.75 Å². The molecular weight excluding hydrogens is 276 g/mol. The summed E-state index contributed by atoms with van der Waals surface area (Å²) < 4.78 is 32.6. The highest BCUT2D eigenvalue weighted by molar-refractivity contribution is 7.92. The van der Waals surface area contributed by atoms with Gasteiger partial charge in [-0.25, -0.2) is 8.42 Å². The molecule has 1 aliphatic rings. The molecule has 1 aliphatic heterocycles. The molecule has 1 fully saturated rings. The van der Waals surface area contributed by atoms with Crippen molar-refractivity contribution in [1.82, 2.24) is 5.32 Å². The maximum Gasteiger partial charge on any atom is 0.233 e. The average molecular weight is 298 g/mol. The first-order chi connectivity index (χ1) is 9.61. The van der Waals surface area contributed by atoms with Crippen LogP contribution in [0.3, 0.4) is 0 Å². The molecule has 0 atom stereocenters. The molecule has 0 unspecified atom stereocenters. The molecule has 0 radical (unpaired) electrons. The monoisotopic (exact) mass is 298 g/mol. The van der Waals surface area contributed by atoms with E-state index in [2.05, 4.69) is 10.0 Å². The van der Waals surface area contributed by atoms with E-state index in [0.717, 1.165) is 25.9 Å². The summed E-state index contributed by atoms with van der Waals surface area (Å²) in [5.74, 6) is 0.978. The Morgan fingerprint density at radius 3 is 2.70 bits per heavy atom. The number of anilines is 1. The van der Waals surface area contributed by atoms with Crippen LogP contribution >= 0.6 is 0 Å². The SMILES string of the molecule is CCOc1ccccc1NS(=O)(=O)CC1CCNCC1. The summed E-state index contributed by atoms with van der Waals surface area (Å²) >= 11 is 0. The number of rotatable bonds is 6. The molecular formula is C14H22N2O3S. The molecule has 1 aromatic carbocycles. The van der Waals surface area contributed by atoms with Crippen molar-refractivity contribution in [2.45, 2.75) is 19.8 Å². The van der Waals surface area contributed by atoms with E-state index in [1.807, 2.05) is 13.0 Å². The molecule has 6 heteroatoms. The number of piperidine rings is 1. The van der Waals surface area contributed by atoms with Crippen molar-refractivity contribution < 1.29 is 13.2 Å². The van der Waals surface area contributed by atoms with Crippen molar-refractivity contribution in [3.05, 3.63) is 24.3 Å². The summed E-state index contributed by atoms with van der Waals surface area (Å²) in [5, 5.41) is 3.24. The molecule has 2 rings (SSSR count). The summed E-state index contributed by atoms with van der Waals surface area (Å²) in [6, 6.07) is 7.12. The first-order valence-electron chi connectivity index (χ1n) is 7.04. The zero-order valence-electron chi connectivity index (χ0n) is 11.8. The second-order valence-electron chi connectivity index (χ2n) is 5.01. The van der Waals surface area contributed by atoms with Gasteiger partial charge >= 0.3 is 0 Å². The Morgan fingerprint density at radius 2 is 2.00 bits per heavy atom. The zero-order chi connectivity index (χ0) is 14.4. The van der Waals surface area contributed by atoms with Crippen LogP contribution in [0.25, 0.3) is 0 Å². The predicted octanol–water partition coefficient (Wildman–Crippen LogP) is 1.83. The van der Waals surface area contributed by atoms with Gasteiger partial charge in [-0.3, -0.25) is 4.72 Å². The molecule has 0 spiro atoms. The molecule has 1 saturated heterocycles. The minimum absolute atomic E-state index is 0.176. The van der Waals surface area contributed by atoms with Crippen LogP contribution < -0.4 is 14.8 Å². The lowest BCUT2D eigenvalue weighted by Crippen LogP contribution is -2.33. The highest BCUT2D eigenvalue weighted by Gasteiger charge is 2.22. The molecule has 5 nitrogen and oxygen atoms in total. The fourth-order valence-corrected chi connectivity index (χ4v) is 3.94. The molecule has 0 aliphatic carbocycles. The summed E-state index contributed by atoms with van der Waals surface area (Å²) in [7, 11) is -3.33. The molecule has 0 bridgehead atoms. The van der Waals surface area contributed by atoms with Crippen LogP contribution in [-0.2, 0) is 10.0 Å². The third-order valence-electron chi connectivity index (χ3n) is 3.37. The van der Waals surface area contributed by atoms with Gasteiger partial charge in [-0.15, -0.1) is 0 Å². The van der Waals surface area contributed by atoms with Crippen LogP contribution in [0.4, 0.5) is 5.69 Å². The Labute approximate surface area is 120 Å². The van der Waals surface area contributed by atoms with Gasteiger partial charge in [0.1, 0.15) is 5.75 Å². The van der Waals surface area contributed by atoms with Crippen molar-refractivity contribution in [3.63, 3.8) is 0 Å². The topological polar surface area (TPSA) is 67.4 Å². The van der Waals surface area contributed by atoms with Crippen LogP contribution in [-0.4, -0.2) is 33.9 Å². The van der Waals surface area contributed by atoms with Gasteiger partial charge in [0.2, 0.25) is 10.0 Å². The van der Waals surface area contributed by atoms with Crippen molar-refractivity contribution in [2.75, 3.05) is 30.2 Å². The van der Waals surface area contributed by atoms with Gasteiger partial charge in [-0.1, -0.05) is 12.1 Å². The molecule has 20 heavy (non-hydrogen) atoms. The largest absolute Gasteiger partial charge is 0.492 e. The number of hydrogen-bond acceptors (Lipinski definition) is 4. The van der Waals surface area contributed by atoms with Gasteiger partial charge in [-0.05, 0) is 50.9 Å². The van der Waals surface area contributed by atoms with E-state index in [0.29, 0.717) is 18.0 Å². The predicted molar refractivity (Wildman–Crippen MR) is 80.6 cm³/mol. The van der Waals surface area contributed by atoms with Crippen molar-refractivity contribution in [1.29, 1.82) is 0 Å². The summed E-state index contributed by atoms with van der Waals surface area (Å²) in [4.78, 5) is 0. The number of ether oxygens (including phenoxy) is 1. The molecule has 0 aromatic heterocycles. The fourth-order valence-electron chi connectivity index (χ4n) is 2.40. The third-order valence-corrected chi connectivity index (χ3v) is 4.81. The Morgan fingerprint density at radius 1 is 1.30 bits per heavy atom. The van der Waals surface area contributed by atoms with Crippen LogP contribution in [0, 0.1) is 5.92 Å². The summed E-state index contributed by atoms with van der Waals surface area (Å²) in [6.45, 7) is 4.18. The van der Waals surface area contributed by atoms with Gasteiger partial charge < -0.3 is 10.1 Å². The van der Waals surface area contributed by atoms with Crippen molar-refractivity contribution in [3.8, 4) is 5.75 Å². The van der Waals surface area contributed by atoms with E-state index in [1.54, 1.807) is 18.2 Å². The van der Waals surface area contributed by atoms with E-state index in [1.165, 1.54) is 0 Å². The highest BCUT2D eigenvalue weighted by atomic mass is 32.2. The smallest absolute Gasteiger partial charge is 0.233 e. The van der Waals surface area contributed by atoms with Gasteiger partial charge in [0, 0.05) is 0 Å². The summed E-state index contributed by atoms with van der Waals surface area (Å²) in [5.41, 5.74) is 0.517. The number of nitrogens with one attached hydrogen (secondary N) is 2. The lowest BCUT2D eigenvalue weighted by molar-refractivity contribution is 0.342. The molecule has 2 N–H and O–H groups in total. The van der Waals surface area contributed by atoms with Crippen molar-refractivity contribution in [2.24, 2.45) is 5.92 Å². The molecule has 0 saturated carbocycles. The Bertz CT molecular complexity index is 525. The quantitative estimate of drug-likeness (QED) is 0.841. The normalized spacial score (nSPS) is 16.9. The van der Waals surface area contributed by atoms with Crippen LogP contribution in [0.2, 0.25) is 0 Å². The Hall–Kier alpha value is -1.27. The lowest BCUT2D eigenvalue weighted by atomic mass is 10.0. The van der Waals surface area contributed by atoms with Crippen molar-refractivity contribution >= 4 is 15.7 Å². The molecule has 112 valence electrons. The fraction of sp³-hybridized carbons (Fsp3) is 0.571. The van der Waals surface area contributed by atoms with Gasteiger partial charge in [-0.2, -0.15) is 0 Å².